The van der Waals surface area contributed by atoms with Crippen LogP contribution in [0, 0.1) is 0 Å². The number of hydrogen-bond donors (Lipinski definition) is 1. The second-order valence-corrected chi connectivity index (χ2v) is 5.25. The molecule has 8 heteroatoms. The van der Waals surface area contributed by atoms with E-state index in [9.17, 15) is 9.59 Å². The van der Waals surface area contributed by atoms with Gasteiger partial charge in [0.25, 0.3) is 0 Å². The van der Waals surface area contributed by atoms with Gasteiger partial charge in [-0.05, 0) is 25.0 Å². The maximum atomic E-state index is 11.9. The van der Waals surface area contributed by atoms with Crippen molar-refractivity contribution in [2.45, 2.75) is 19.3 Å². The van der Waals surface area contributed by atoms with Gasteiger partial charge in [0.15, 0.2) is 0 Å². The lowest BCUT2D eigenvalue weighted by Gasteiger charge is -2.14. The van der Waals surface area contributed by atoms with E-state index in [4.69, 9.17) is 4.42 Å². The third-order valence-corrected chi connectivity index (χ3v) is 3.59. The van der Waals surface area contributed by atoms with E-state index in [1.54, 1.807) is 24.5 Å². The SMILES string of the molecule is O=C(NCCCN1CCCC1=O)c1nnc(-c2cccnc2)o1. The molecule has 2 aromatic heterocycles. The highest BCUT2D eigenvalue weighted by molar-refractivity contribution is 5.89. The molecule has 3 heterocycles. The van der Waals surface area contributed by atoms with Gasteiger partial charge in [0.05, 0.1) is 5.56 Å². The molecule has 0 bridgehead atoms. The van der Waals surface area contributed by atoms with Crippen molar-refractivity contribution < 1.29 is 14.0 Å². The smallest absolute Gasteiger partial charge is 0.308 e. The van der Waals surface area contributed by atoms with Crippen LogP contribution in [0.2, 0.25) is 0 Å². The van der Waals surface area contributed by atoms with Gasteiger partial charge in [0, 0.05) is 38.4 Å². The quantitative estimate of drug-likeness (QED) is 0.794. The predicted molar refractivity (Wildman–Crippen MR) is 80.3 cm³/mol. The highest BCUT2D eigenvalue weighted by Crippen LogP contribution is 2.15. The van der Waals surface area contributed by atoms with Crippen molar-refractivity contribution in [1.82, 2.24) is 25.4 Å². The third kappa shape index (κ3) is 3.71. The van der Waals surface area contributed by atoms with Crippen LogP contribution in [0.1, 0.15) is 29.9 Å². The van der Waals surface area contributed by atoms with Crippen LogP contribution in [0.4, 0.5) is 0 Å². The Morgan fingerprint density at radius 1 is 1.39 bits per heavy atom. The topological polar surface area (TPSA) is 101 Å². The molecule has 2 amide bonds. The molecule has 0 atom stereocenters. The molecule has 0 saturated carbocycles. The van der Waals surface area contributed by atoms with Gasteiger partial charge in [-0.3, -0.25) is 14.6 Å². The number of rotatable bonds is 6. The average molecular weight is 315 g/mol. The van der Waals surface area contributed by atoms with Gasteiger partial charge in [-0.15, -0.1) is 10.2 Å². The number of pyridine rings is 1. The first-order valence-corrected chi connectivity index (χ1v) is 7.54. The normalized spacial score (nSPS) is 14.3. The second-order valence-electron chi connectivity index (χ2n) is 5.25. The first-order valence-electron chi connectivity index (χ1n) is 7.54. The van der Waals surface area contributed by atoms with Gasteiger partial charge >= 0.3 is 11.8 Å². The zero-order chi connectivity index (χ0) is 16.1. The maximum Gasteiger partial charge on any atom is 0.308 e. The van der Waals surface area contributed by atoms with Gasteiger partial charge in [-0.2, -0.15) is 0 Å². The summed E-state index contributed by atoms with van der Waals surface area (Å²) < 4.78 is 5.34. The van der Waals surface area contributed by atoms with Gasteiger partial charge in [-0.1, -0.05) is 0 Å². The fraction of sp³-hybridized carbons (Fsp3) is 0.400. The second kappa shape index (κ2) is 6.99. The standard InChI is InChI=1S/C15H17N5O3/c21-12-5-2-8-20(12)9-3-7-17-13(22)15-19-18-14(23-15)11-4-1-6-16-10-11/h1,4,6,10H,2-3,5,7-9H2,(H,17,22). The number of carbonyl (C=O) groups excluding carboxylic acids is 2. The Kier molecular flexibility index (Phi) is 4.60. The van der Waals surface area contributed by atoms with Crippen molar-refractivity contribution in [1.29, 1.82) is 0 Å². The first-order chi connectivity index (χ1) is 11.2. The molecule has 0 unspecified atom stereocenters. The predicted octanol–water partition coefficient (Wildman–Crippen LogP) is 0.874. The van der Waals surface area contributed by atoms with E-state index in [1.165, 1.54) is 0 Å². The summed E-state index contributed by atoms with van der Waals surface area (Å²) in [5.41, 5.74) is 0.659. The van der Waals surface area contributed by atoms with Crippen LogP contribution in [0.25, 0.3) is 11.5 Å². The largest absolute Gasteiger partial charge is 0.412 e. The van der Waals surface area contributed by atoms with E-state index in [0.717, 1.165) is 13.0 Å². The van der Waals surface area contributed by atoms with Gasteiger partial charge < -0.3 is 14.6 Å². The minimum Gasteiger partial charge on any atom is -0.412 e. The zero-order valence-electron chi connectivity index (χ0n) is 12.6. The fourth-order valence-electron chi connectivity index (χ4n) is 2.41. The Morgan fingerprint density at radius 3 is 3.04 bits per heavy atom. The average Bonchev–Trinajstić information content (AvgIpc) is 3.22. The molecule has 0 aromatic carbocycles. The molecule has 1 fully saturated rings. The molecule has 23 heavy (non-hydrogen) atoms. The summed E-state index contributed by atoms with van der Waals surface area (Å²) in [5, 5.41) is 10.3. The molecule has 1 aliphatic heterocycles. The van der Waals surface area contributed by atoms with Crippen molar-refractivity contribution in [3.63, 3.8) is 0 Å². The lowest BCUT2D eigenvalue weighted by Crippen LogP contribution is -2.30. The Hall–Kier alpha value is -2.77. The lowest BCUT2D eigenvalue weighted by molar-refractivity contribution is -0.127. The number of amides is 2. The Balaban J connectivity index is 1.47. The van der Waals surface area contributed by atoms with Gasteiger partial charge in [-0.25, -0.2) is 0 Å². The fourth-order valence-corrected chi connectivity index (χ4v) is 2.41. The van der Waals surface area contributed by atoms with E-state index in [0.29, 0.717) is 31.5 Å². The lowest BCUT2D eigenvalue weighted by atomic mass is 10.3. The van der Waals surface area contributed by atoms with E-state index in [-0.39, 0.29) is 17.7 Å². The highest BCUT2D eigenvalue weighted by atomic mass is 16.4. The summed E-state index contributed by atoms with van der Waals surface area (Å²) in [5.74, 6) is -0.0539. The highest BCUT2D eigenvalue weighted by Gasteiger charge is 2.19. The number of likely N-dealkylation sites (tertiary alicyclic amines) is 1. The number of nitrogens with zero attached hydrogens (tertiary/aromatic N) is 4. The molecule has 2 aromatic rings. The van der Waals surface area contributed by atoms with Crippen LogP contribution in [0.5, 0.6) is 0 Å². The molecule has 1 N–H and O–H groups in total. The van der Waals surface area contributed by atoms with E-state index >= 15 is 0 Å². The van der Waals surface area contributed by atoms with Crippen LogP contribution >= 0.6 is 0 Å². The maximum absolute atomic E-state index is 11.9. The summed E-state index contributed by atoms with van der Waals surface area (Å²) in [4.78, 5) is 29.2. The number of carbonyl (C=O) groups is 2. The van der Waals surface area contributed by atoms with Crippen molar-refractivity contribution in [3.05, 3.63) is 30.4 Å². The van der Waals surface area contributed by atoms with Gasteiger partial charge in [0.2, 0.25) is 11.8 Å². The summed E-state index contributed by atoms with van der Waals surface area (Å²) in [6, 6.07) is 3.52. The van der Waals surface area contributed by atoms with Crippen molar-refractivity contribution in [2.75, 3.05) is 19.6 Å². The summed E-state index contributed by atoms with van der Waals surface area (Å²) in [6.07, 6.45) is 5.47. The minimum atomic E-state index is -0.416. The van der Waals surface area contributed by atoms with E-state index in [2.05, 4.69) is 20.5 Å². The number of hydrogen-bond acceptors (Lipinski definition) is 6. The summed E-state index contributed by atoms with van der Waals surface area (Å²) in [6.45, 7) is 1.92. The van der Waals surface area contributed by atoms with Crippen molar-refractivity contribution >= 4 is 11.8 Å². The molecular weight excluding hydrogens is 298 g/mol. The van der Waals surface area contributed by atoms with E-state index < -0.39 is 5.91 Å². The molecule has 1 saturated heterocycles. The van der Waals surface area contributed by atoms with Crippen LogP contribution in [-0.2, 0) is 4.79 Å². The molecule has 1 aliphatic rings. The molecular formula is C15H17N5O3. The third-order valence-electron chi connectivity index (χ3n) is 3.59. The summed E-state index contributed by atoms with van der Waals surface area (Å²) in [7, 11) is 0. The molecule has 0 spiro atoms. The van der Waals surface area contributed by atoms with E-state index in [1.807, 2.05) is 4.90 Å². The minimum absolute atomic E-state index is 0.0823. The molecule has 3 rings (SSSR count). The molecule has 8 nitrogen and oxygen atoms in total. The Morgan fingerprint density at radius 2 is 2.30 bits per heavy atom. The first kappa shape index (κ1) is 15.1. The van der Waals surface area contributed by atoms with Crippen LogP contribution < -0.4 is 5.32 Å². The van der Waals surface area contributed by atoms with Crippen molar-refractivity contribution in [3.8, 4) is 11.5 Å². The van der Waals surface area contributed by atoms with Crippen LogP contribution in [0.3, 0.4) is 0 Å². The monoisotopic (exact) mass is 315 g/mol. The Bertz CT molecular complexity index is 685. The van der Waals surface area contributed by atoms with Gasteiger partial charge in [0.1, 0.15) is 0 Å². The Labute approximate surface area is 132 Å². The number of aromatic nitrogens is 3. The molecule has 0 radical (unpaired) electrons. The van der Waals surface area contributed by atoms with Crippen LogP contribution in [0.15, 0.2) is 28.9 Å². The number of nitrogens with one attached hydrogen (secondary N) is 1. The molecule has 120 valence electrons. The van der Waals surface area contributed by atoms with Crippen LogP contribution in [-0.4, -0.2) is 51.5 Å². The zero-order valence-corrected chi connectivity index (χ0v) is 12.6. The summed E-state index contributed by atoms with van der Waals surface area (Å²) >= 11 is 0. The van der Waals surface area contributed by atoms with Crippen molar-refractivity contribution in [2.24, 2.45) is 0 Å². The molecule has 0 aliphatic carbocycles.